The molecule has 1 aromatic carbocycles. The maximum absolute atomic E-state index is 5.98. The van der Waals surface area contributed by atoms with Gasteiger partial charge in [0.25, 0.3) is 0 Å². The summed E-state index contributed by atoms with van der Waals surface area (Å²) in [5, 5.41) is 4.10. The van der Waals surface area contributed by atoms with Gasteiger partial charge in [0.15, 0.2) is 5.96 Å². The first-order valence-electron chi connectivity index (χ1n) is 5.82. The minimum Gasteiger partial charge on any atom is -0.355 e. The number of rotatable bonds is 5. The van der Waals surface area contributed by atoms with Crippen LogP contribution in [0.25, 0.3) is 0 Å². The van der Waals surface area contributed by atoms with Crippen LogP contribution in [-0.2, 0) is 6.54 Å². The van der Waals surface area contributed by atoms with Crippen molar-refractivity contribution >= 4 is 29.3 Å². The number of halogens is 1. The average molecular weight is 286 g/mol. The van der Waals surface area contributed by atoms with Gasteiger partial charge >= 0.3 is 0 Å². The Morgan fingerprint density at radius 3 is 2.89 bits per heavy atom. The summed E-state index contributed by atoms with van der Waals surface area (Å²) in [6, 6.07) is 7.90. The Balaban J connectivity index is 2.54. The summed E-state index contributed by atoms with van der Waals surface area (Å²) in [5.74, 6) is 1.98. The fourth-order valence-corrected chi connectivity index (χ4v) is 2.15. The molecule has 1 N–H and O–H groups in total. The van der Waals surface area contributed by atoms with E-state index in [1.807, 2.05) is 37.0 Å². The van der Waals surface area contributed by atoms with Crippen LogP contribution in [0, 0.1) is 0 Å². The van der Waals surface area contributed by atoms with Gasteiger partial charge < -0.3 is 10.2 Å². The largest absolute Gasteiger partial charge is 0.355 e. The molecule has 0 aliphatic rings. The van der Waals surface area contributed by atoms with Crippen molar-refractivity contribution in [3.63, 3.8) is 0 Å². The average Bonchev–Trinajstić information content (AvgIpc) is 2.34. The van der Waals surface area contributed by atoms with E-state index in [-0.39, 0.29) is 0 Å². The zero-order valence-electron chi connectivity index (χ0n) is 11.1. The molecule has 0 saturated heterocycles. The summed E-state index contributed by atoms with van der Waals surface area (Å²) in [4.78, 5) is 6.36. The molecule has 0 bridgehead atoms. The summed E-state index contributed by atoms with van der Waals surface area (Å²) in [5.41, 5.74) is 1.18. The molecule has 0 aliphatic heterocycles. The first-order chi connectivity index (χ1) is 8.67. The van der Waals surface area contributed by atoms with Crippen molar-refractivity contribution in [3.8, 4) is 0 Å². The third kappa shape index (κ3) is 5.19. The monoisotopic (exact) mass is 285 g/mol. The van der Waals surface area contributed by atoms with Gasteiger partial charge in [-0.3, -0.25) is 4.99 Å². The Morgan fingerprint density at radius 2 is 2.28 bits per heavy atom. The number of nitrogens with zero attached hydrogens (tertiary/aromatic N) is 2. The third-order valence-electron chi connectivity index (χ3n) is 2.47. The number of thioether (sulfide) groups is 1. The van der Waals surface area contributed by atoms with E-state index in [1.165, 1.54) is 5.56 Å². The van der Waals surface area contributed by atoms with E-state index >= 15 is 0 Å². The van der Waals surface area contributed by atoms with Crippen LogP contribution in [0.2, 0.25) is 5.02 Å². The second-order valence-corrected chi connectivity index (χ2v) is 5.37. The third-order valence-corrected chi connectivity index (χ3v) is 3.32. The second-order valence-electron chi connectivity index (χ2n) is 3.95. The van der Waals surface area contributed by atoms with Gasteiger partial charge in [0.05, 0.1) is 0 Å². The molecule has 0 saturated carbocycles. The molecule has 0 aliphatic carbocycles. The second kappa shape index (κ2) is 8.27. The number of hydrogen-bond acceptors (Lipinski definition) is 2. The van der Waals surface area contributed by atoms with E-state index in [9.17, 15) is 0 Å². The topological polar surface area (TPSA) is 27.6 Å². The Labute approximate surface area is 119 Å². The molecule has 18 heavy (non-hydrogen) atoms. The highest BCUT2D eigenvalue weighted by Crippen LogP contribution is 2.12. The molecule has 0 atom stereocenters. The zero-order valence-corrected chi connectivity index (χ0v) is 12.7. The van der Waals surface area contributed by atoms with Gasteiger partial charge in [0.1, 0.15) is 0 Å². The lowest BCUT2D eigenvalue weighted by molar-refractivity contribution is 0.479. The van der Waals surface area contributed by atoms with Gasteiger partial charge in [0.2, 0.25) is 0 Å². The van der Waals surface area contributed by atoms with Crippen molar-refractivity contribution in [2.75, 3.05) is 32.6 Å². The van der Waals surface area contributed by atoms with E-state index in [4.69, 9.17) is 11.6 Å². The van der Waals surface area contributed by atoms with Crippen LogP contribution in [0.1, 0.15) is 5.56 Å². The van der Waals surface area contributed by atoms with Gasteiger partial charge in [-0.2, -0.15) is 11.8 Å². The maximum Gasteiger partial charge on any atom is 0.193 e. The lowest BCUT2D eigenvalue weighted by Crippen LogP contribution is -2.39. The smallest absolute Gasteiger partial charge is 0.193 e. The molecule has 3 nitrogen and oxygen atoms in total. The minimum atomic E-state index is 0.770. The number of nitrogens with one attached hydrogen (secondary N) is 1. The van der Waals surface area contributed by atoms with E-state index in [0.29, 0.717) is 0 Å². The van der Waals surface area contributed by atoms with Gasteiger partial charge in [-0.15, -0.1) is 0 Å². The minimum absolute atomic E-state index is 0.770. The SMILES string of the molecule is CN=C(NCCSC)N(C)Cc1cccc(Cl)c1. The van der Waals surface area contributed by atoms with Crippen molar-refractivity contribution in [2.45, 2.75) is 6.54 Å². The molecular formula is C13H20ClN3S. The van der Waals surface area contributed by atoms with Crippen LogP contribution in [0.15, 0.2) is 29.3 Å². The molecule has 0 spiro atoms. The Morgan fingerprint density at radius 1 is 1.50 bits per heavy atom. The van der Waals surface area contributed by atoms with Crippen molar-refractivity contribution in [1.29, 1.82) is 0 Å². The van der Waals surface area contributed by atoms with E-state index < -0.39 is 0 Å². The Kier molecular flexibility index (Phi) is 6.98. The lowest BCUT2D eigenvalue weighted by Gasteiger charge is -2.22. The van der Waals surface area contributed by atoms with Crippen LogP contribution >= 0.6 is 23.4 Å². The molecule has 0 aromatic heterocycles. The lowest BCUT2D eigenvalue weighted by atomic mass is 10.2. The fourth-order valence-electron chi connectivity index (χ4n) is 1.63. The maximum atomic E-state index is 5.98. The van der Waals surface area contributed by atoms with E-state index in [0.717, 1.165) is 29.8 Å². The fraction of sp³-hybridized carbons (Fsp3) is 0.462. The van der Waals surface area contributed by atoms with Crippen molar-refractivity contribution in [1.82, 2.24) is 10.2 Å². The number of guanidine groups is 1. The Hall–Kier alpha value is -0.870. The molecule has 1 aromatic rings. The van der Waals surface area contributed by atoms with Crippen LogP contribution in [0.4, 0.5) is 0 Å². The van der Waals surface area contributed by atoms with Crippen molar-refractivity contribution < 1.29 is 0 Å². The Bertz CT molecular complexity index is 396. The van der Waals surface area contributed by atoms with Gasteiger partial charge in [0, 0.05) is 38.0 Å². The standard InChI is InChI=1S/C13H20ClN3S/c1-15-13(16-7-8-18-3)17(2)10-11-5-4-6-12(14)9-11/h4-6,9H,7-8,10H2,1-3H3,(H,15,16). The number of hydrogen-bond donors (Lipinski definition) is 1. The summed E-state index contributed by atoms with van der Waals surface area (Å²) in [7, 11) is 3.82. The van der Waals surface area contributed by atoms with Gasteiger partial charge in [-0.05, 0) is 24.0 Å². The summed E-state index contributed by atoms with van der Waals surface area (Å²) < 4.78 is 0. The zero-order chi connectivity index (χ0) is 13.4. The molecule has 5 heteroatoms. The molecular weight excluding hydrogens is 266 g/mol. The van der Waals surface area contributed by atoms with Gasteiger partial charge in [-0.25, -0.2) is 0 Å². The van der Waals surface area contributed by atoms with Crippen LogP contribution in [0.3, 0.4) is 0 Å². The first-order valence-corrected chi connectivity index (χ1v) is 7.59. The number of aliphatic imine (C=N–C) groups is 1. The first kappa shape index (κ1) is 15.2. The van der Waals surface area contributed by atoms with Crippen molar-refractivity contribution in [2.24, 2.45) is 4.99 Å². The summed E-state index contributed by atoms with van der Waals surface area (Å²) >= 11 is 7.80. The van der Waals surface area contributed by atoms with Crippen LogP contribution in [0.5, 0.6) is 0 Å². The van der Waals surface area contributed by atoms with Crippen LogP contribution in [-0.4, -0.2) is 43.5 Å². The molecule has 0 radical (unpaired) electrons. The molecule has 0 heterocycles. The molecule has 1 rings (SSSR count). The predicted molar refractivity (Wildman–Crippen MR) is 82.7 cm³/mol. The van der Waals surface area contributed by atoms with E-state index in [1.54, 1.807) is 7.05 Å². The summed E-state index contributed by atoms with van der Waals surface area (Å²) in [6.45, 7) is 1.72. The quantitative estimate of drug-likeness (QED) is 0.512. The number of benzene rings is 1. The van der Waals surface area contributed by atoms with Crippen molar-refractivity contribution in [3.05, 3.63) is 34.9 Å². The van der Waals surface area contributed by atoms with E-state index in [2.05, 4.69) is 27.5 Å². The predicted octanol–water partition coefficient (Wildman–Crippen LogP) is 2.71. The molecule has 0 amide bonds. The normalized spacial score (nSPS) is 11.4. The molecule has 100 valence electrons. The highest BCUT2D eigenvalue weighted by atomic mass is 35.5. The molecule has 0 fully saturated rings. The van der Waals surface area contributed by atoms with Crippen LogP contribution < -0.4 is 5.32 Å². The summed E-state index contributed by atoms with van der Waals surface area (Å²) in [6.07, 6.45) is 2.10. The van der Waals surface area contributed by atoms with Gasteiger partial charge in [-0.1, -0.05) is 23.7 Å². The molecule has 0 unspecified atom stereocenters. The highest BCUT2D eigenvalue weighted by molar-refractivity contribution is 7.98. The highest BCUT2D eigenvalue weighted by Gasteiger charge is 2.06.